The zero-order valence-electron chi connectivity index (χ0n) is 13.5. The molecule has 1 N–H and O–H groups in total. The molecule has 1 aromatic carbocycles. The van der Waals surface area contributed by atoms with Crippen LogP contribution in [-0.2, 0) is 16.1 Å². The molecule has 24 heavy (non-hydrogen) atoms. The van der Waals surface area contributed by atoms with Crippen LogP contribution >= 0.6 is 0 Å². The fourth-order valence-electron chi connectivity index (χ4n) is 1.84. The van der Waals surface area contributed by atoms with Gasteiger partial charge in [0, 0.05) is 0 Å². The molecule has 0 aliphatic heterocycles. The van der Waals surface area contributed by atoms with E-state index in [1.54, 1.807) is 18.2 Å². The summed E-state index contributed by atoms with van der Waals surface area (Å²) >= 11 is 0. The van der Waals surface area contributed by atoms with Crippen molar-refractivity contribution in [2.24, 2.45) is 0 Å². The minimum Gasteiger partial charge on any atom is -0.494 e. The van der Waals surface area contributed by atoms with Gasteiger partial charge in [0.25, 0.3) is 5.91 Å². The summed E-state index contributed by atoms with van der Waals surface area (Å²) in [5.74, 6) is 0.997. The summed E-state index contributed by atoms with van der Waals surface area (Å²) < 4.78 is 20.7. The second-order valence-corrected chi connectivity index (χ2v) is 4.72. The number of carbonyl (C=O) groups excluding carboxylic acids is 2. The highest BCUT2D eigenvalue weighted by molar-refractivity contribution is 5.93. The average Bonchev–Trinajstić information content (AvgIpc) is 3.08. The van der Waals surface area contributed by atoms with Gasteiger partial charge in [-0.3, -0.25) is 9.59 Å². The fourth-order valence-corrected chi connectivity index (χ4v) is 1.84. The Morgan fingerprint density at radius 1 is 1.04 bits per heavy atom. The van der Waals surface area contributed by atoms with Crippen LogP contribution in [0.25, 0.3) is 0 Å². The van der Waals surface area contributed by atoms with Gasteiger partial charge in [0.1, 0.15) is 30.4 Å². The lowest BCUT2D eigenvalue weighted by atomic mass is 10.3. The largest absolute Gasteiger partial charge is 0.494 e. The Labute approximate surface area is 139 Å². The molecule has 0 saturated heterocycles. The molecule has 7 heteroatoms. The number of carbonyl (C=O) groups is 2. The molecule has 0 bridgehead atoms. The van der Waals surface area contributed by atoms with Crippen molar-refractivity contribution in [2.45, 2.75) is 13.5 Å². The molecule has 1 aromatic heterocycles. The predicted octanol–water partition coefficient (Wildman–Crippen LogP) is 2.16. The fraction of sp³-hybridized carbons (Fsp3) is 0.294. The second kappa shape index (κ2) is 8.61. The number of amides is 1. The summed E-state index contributed by atoms with van der Waals surface area (Å²) in [5, 5.41) is 2.39. The number of methoxy groups -OCH3 is 1. The van der Waals surface area contributed by atoms with E-state index < -0.39 is 11.9 Å². The van der Waals surface area contributed by atoms with Crippen molar-refractivity contribution in [1.82, 2.24) is 5.32 Å². The molecule has 2 aromatic rings. The highest BCUT2D eigenvalue weighted by Crippen LogP contribution is 2.19. The first-order chi connectivity index (χ1) is 11.6. The molecule has 0 unspecified atom stereocenters. The Morgan fingerprint density at radius 2 is 1.71 bits per heavy atom. The van der Waals surface area contributed by atoms with Crippen LogP contribution in [0.4, 0.5) is 0 Å². The number of hydrogen-bond acceptors (Lipinski definition) is 6. The minimum absolute atomic E-state index is 0.101. The number of furan rings is 1. The minimum atomic E-state index is -0.533. The molecule has 1 heterocycles. The van der Waals surface area contributed by atoms with Crippen LogP contribution in [0.2, 0.25) is 0 Å². The summed E-state index contributed by atoms with van der Waals surface area (Å²) in [5.41, 5.74) is 0. The smallest absolute Gasteiger partial charge is 0.325 e. The van der Waals surface area contributed by atoms with Crippen LogP contribution in [0.3, 0.4) is 0 Å². The van der Waals surface area contributed by atoms with Gasteiger partial charge in [0.2, 0.25) is 0 Å². The van der Waals surface area contributed by atoms with E-state index in [9.17, 15) is 9.59 Å². The van der Waals surface area contributed by atoms with E-state index in [2.05, 4.69) is 10.1 Å². The van der Waals surface area contributed by atoms with Gasteiger partial charge in [-0.15, -0.1) is 0 Å². The van der Waals surface area contributed by atoms with Crippen molar-refractivity contribution >= 4 is 11.9 Å². The standard InChI is InChI=1S/C17H19NO6/c1-3-22-12-4-6-13(7-5-12)23-11-14-8-9-15(24-14)17(20)18-10-16(19)21-2/h4-9H,3,10-11H2,1-2H3,(H,18,20). The lowest BCUT2D eigenvalue weighted by molar-refractivity contribution is -0.139. The third-order valence-electron chi connectivity index (χ3n) is 3.02. The molecule has 0 radical (unpaired) electrons. The van der Waals surface area contributed by atoms with Gasteiger partial charge in [-0.2, -0.15) is 0 Å². The average molecular weight is 333 g/mol. The summed E-state index contributed by atoms with van der Waals surface area (Å²) in [6.45, 7) is 2.49. The Hall–Kier alpha value is -2.96. The van der Waals surface area contributed by atoms with E-state index in [4.69, 9.17) is 13.9 Å². The van der Waals surface area contributed by atoms with E-state index in [0.717, 1.165) is 5.75 Å². The van der Waals surface area contributed by atoms with Gasteiger partial charge in [-0.1, -0.05) is 0 Å². The van der Waals surface area contributed by atoms with Crippen LogP contribution < -0.4 is 14.8 Å². The number of benzene rings is 1. The van der Waals surface area contributed by atoms with Gasteiger partial charge in [-0.05, 0) is 43.3 Å². The zero-order valence-corrected chi connectivity index (χ0v) is 13.5. The van der Waals surface area contributed by atoms with Crippen LogP contribution in [0.15, 0.2) is 40.8 Å². The van der Waals surface area contributed by atoms with Crippen molar-refractivity contribution in [1.29, 1.82) is 0 Å². The number of nitrogens with one attached hydrogen (secondary N) is 1. The maximum absolute atomic E-state index is 11.8. The van der Waals surface area contributed by atoms with Gasteiger partial charge in [-0.25, -0.2) is 0 Å². The Balaban J connectivity index is 1.84. The first-order valence-corrected chi connectivity index (χ1v) is 7.41. The highest BCUT2D eigenvalue weighted by atomic mass is 16.5. The molecule has 0 aliphatic rings. The topological polar surface area (TPSA) is 87.0 Å². The molecule has 0 fully saturated rings. The first kappa shape index (κ1) is 17.4. The summed E-state index contributed by atoms with van der Waals surface area (Å²) in [7, 11) is 1.25. The number of hydrogen-bond donors (Lipinski definition) is 1. The first-order valence-electron chi connectivity index (χ1n) is 7.41. The number of esters is 1. The van der Waals surface area contributed by atoms with Gasteiger partial charge < -0.3 is 23.9 Å². The summed E-state index contributed by atoms with van der Waals surface area (Å²) in [6.07, 6.45) is 0. The van der Waals surface area contributed by atoms with Crippen molar-refractivity contribution in [3.8, 4) is 11.5 Å². The Bertz CT molecular complexity index is 677. The van der Waals surface area contributed by atoms with Crippen LogP contribution in [0.5, 0.6) is 11.5 Å². The van der Waals surface area contributed by atoms with Crippen molar-refractivity contribution in [2.75, 3.05) is 20.3 Å². The lowest BCUT2D eigenvalue weighted by Gasteiger charge is -2.06. The number of ether oxygens (including phenoxy) is 3. The zero-order chi connectivity index (χ0) is 17.4. The maximum Gasteiger partial charge on any atom is 0.325 e. The molecule has 0 atom stereocenters. The third kappa shape index (κ3) is 5.05. The van der Waals surface area contributed by atoms with Crippen molar-refractivity contribution in [3.05, 3.63) is 47.9 Å². The van der Waals surface area contributed by atoms with E-state index >= 15 is 0 Å². The quantitative estimate of drug-likeness (QED) is 0.745. The molecule has 0 saturated carbocycles. The SMILES string of the molecule is CCOc1ccc(OCc2ccc(C(=O)NCC(=O)OC)o2)cc1. The molecule has 7 nitrogen and oxygen atoms in total. The lowest BCUT2D eigenvalue weighted by Crippen LogP contribution is -2.29. The van der Waals surface area contributed by atoms with Gasteiger partial charge >= 0.3 is 5.97 Å². The molecule has 1 amide bonds. The number of rotatable bonds is 8. The Morgan fingerprint density at radius 3 is 2.33 bits per heavy atom. The van der Waals surface area contributed by atoms with E-state index in [-0.39, 0.29) is 18.9 Å². The maximum atomic E-state index is 11.8. The second-order valence-electron chi connectivity index (χ2n) is 4.72. The van der Waals surface area contributed by atoms with Crippen LogP contribution in [-0.4, -0.2) is 32.1 Å². The third-order valence-corrected chi connectivity index (χ3v) is 3.02. The molecule has 0 spiro atoms. The highest BCUT2D eigenvalue weighted by Gasteiger charge is 2.13. The molecule has 128 valence electrons. The molecular weight excluding hydrogens is 314 g/mol. The van der Waals surface area contributed by atoms with Crippen molar-refractivity contribution < 1.29 is 28.2 Å². The van der Waals surface area contributed by atoms with Crippen LogP contribution in [0.1, 0.15) is 23.2 Å². The monoisotopic (exact) mass is 333 g/mol. The summed E-state index contributed by atoms with van der Waals surface area (Å²) in [4.78, 5) is 22.8. The van der Waals surface area contributed by atoms with Gasteiger partial charge in [0.15, 0.2) is 5.76 Å². The Kier molecular flexibility index (Phi) is 6.24. The van der Waals surface area contributed by atoms with E-state index in [1.165, 1.54) is 13.2 Å². The molecular formula is C17H19NO6. The molecule has 0 aliphatic carbocycles. The normalized spacial score (nSPS) is 10.1. The van der Waals surface area contributed by atoms with E-state index in [0.29, 0.717) is 18.1 Å². The van der Waals surface area contributed by atoms with E-state index in [1.807, 2.05) is 19.1 Å². The molecule has 2 rings (SSSR count). The predicted molar refractivity (Wildman–Crippen MR) is 85.0 cm³/mol. The van der Waals surface area contributed by atoms with Crippen LogP contribution in [0, 0.1) is 0 Å². The van der Waals surface area contributed by atoms with Gasteiger partial charge in [0.05, 0.1) is 13.7 Å². The van der Waals surface area contributed by atoms with Crippen molar-refractivity contribution in [3.63, 3.8) is 0 Å². The summed E-state index contributed by atoms with van der Waals surface area (Å²) in [6, 6.07) is 10.4.